The van der Waals surface area contributed by atoms with Gasteiger partial charge in [-0.15, -0.1) is 4.40 Å². The van der Waals surface area contributed by atoms with Crippen LogP contribution in [0.4, 0.5) is 10.5 Å². The van der Waals surface area contributed by atoms with Crippen LogP contribution in [0.3, 0.4) is 0 Å². The highest BCUT2D eigenvalue weighted by Crippen LogP contribution is 2.32. The first kappa shape index (κ1) is 27.2. The molecule has 194 valence electrons. The highest BCUT2D eigenvalue weighted by molar-refractivity contribution is 7.99. The number of benzene rings is 2. The fourth-order valence-electron chi connectivity index (χ4n) is 3.73. The van der Waals surface area contributed by atoms with E-state index in [9.17, 15) is 23.3 Å². The summed E-state index contributed by atoms with van der Waals surface area (Å²) in [6.45, 7) is 0.289. The van der Waals surface area contributed by atoms with Gasteiger partial charge in [0.05, 0.1) is 12.0 Å². The quantitative estimate of drug-likeness (QED) is 0.199. The normalized spacial score (nSPS) is 18.2. The second kappa shape index (κ2) is 12.1. The van der Waals surface area contributed by atoms with E-state index in [2.05, 4.69) is 4.40 Å². The summed E-state index contributed by atoms with van der Waals surface area (Å²) in [5, 5.41) is 15.8. The van der Waals surface area contributed by atoms with E-state index in [1.165, 1.54) is 29.2 Å². The first-order chi connectivity index (χ1) is 17.0. The molecule has 14 heteroatoms. The second-order valence-corrected chi connectivity index (χ2v) is 10.6. The van der Waals surface area contributed by atoms with Crippen molar-refractivity contribution in [3.8, 4) is 5.75 Å². The Balaban J connectivity index is 1.65. The summed E-state index contributed by atoms with van der Waals surface area (Å²) in [4.78, 5) is 24.7. The number of methoxy groups -OCH3 is 1. The molecule has 2 atom stereocenters. The van der Waals surface area contributed by atoms with Crippen molar-refractivity contribution in [3.63, 3.8) is 0 Å². The molecular formula is C22H27N5O7S2. The van der Waals surface area contributed by atoms with Gasteiger partial charge in [0.2, 0.25) is 0 Å². The van der Waals surface area contributed by atoms with Crippen molar-refractivity contribution in [3.05, 3.63) is 69.8 Å². The van der Waals surface area contributed by atoms with Crippen LogP contribution in [-0.4, -0.2) is 55.1 Å². The number of nitro groups is 1. The molecule has 1 saturated heterocycles. The maximum absolute atomic E-state index is 12.9. The van der Waals surface area contributed by atoms with Crippen LogP contribution in [0.2, 0.25) is 0 Å². The number of hydrogen-bond donors (Lipinski definition) is 2. The zero-order valence-corrected chi connectivity index (χ0v) is 21.1. The van der Waals surface area contributed by atoms with Gasteiger partial charge in [-0.1, -0.05) is 12.1 Å². The van der Waals surface area contributed by atoms with Gasteiger partial charge in [0.25, 0.3) is 5.69 Å². The Labute approximate surface area is 213 Å². The minimum Gasteiger partial charge on any atom is -0.497 e. The maximum Gasteiger partial charge on any atom is 0.410 e. The fraction of sp³-hybridized carbons (Fsp3) is 0.364. The minimum absolute atomic E-state index is 0.0165. The molecule has 0 saturated carbocycles. The first-order valence-corrected chi connectivity index (χ1v) is 13.4. The summed E-state index contributed by atoms with van der Waals surface area (Å²) in [6, 6.07) is 12.9. The molecule has 0 unspecified atom stereocenters. The predicted octanol–water partition coefficient (Wildman–Crippen LogP) is 2.57. The number of nitrogens with two attached hydrogens (primary N) is 2. The molecule has 1 fully saturated rings. The van der Waals surface area contributed by atoms with Gasteiger partial charge in [-0.05, 0) is 41.8 Å². The van der Waals surface area contributed by atoms with E-state index < -0.39 is 27.3 Å². The Morgan fingerprint density at radius 3 is 2.42 bits per heavy atom. The number of amides is 1. The van der Waals surface area contributed by atoms with Crippen molar-refractivity contribution >= 4 is 39.6 Å². The standard InChI is InChI=1S/C22H27N5O7S2/c1-33-19-8-4-16(5-9-19)14-35-20-10-18(11-21(23)25-36(24,31)32)26(12-20)22(28)34-13-15-2-6-17(7-3-15)27(29)30/h2-9,18,20H,10-14H2,1H3,(H2,23,25)(H2,24,31,32)/t18-,20-/m0/s1. The molecule has 0 aromatic heterocycles. The lowest BCUT2D eigenvalue weighted by Gasteiger charge is -2.23. The summed E-state index contributed by atoms with van der Waals surface area (Å²) in [5.74, 6) is 1.26. The number of nitrogens with zero attached hydrogens (tertiary/aromatic N) is 3. The minimum atomic E-state index is -4.16. The van der Waals surface area contributed by atoms with Crippen molar-refractivity contribution in [1.29, 1.82) is 0 Å². The highest BCUT2D eigenvalue weighted by atomic mass is 32.2. The number of likely N-dealkylation sites (tertiary alicyclic amines) is 1. The summed E-state index contributed by atoms with van der Waals surface area (Å²) < 4.78 is 36.5. The lowest BCUT2D eigenvalue weighted by Crippen LogP contribution is -2.38. The number of hydrogen-bond acceptors (Lipinski definition) is 8. The van der Waals surface area contributed by atoms with Gasteiger partial charge in [0, 0.05) is 42.1 Å². The number of ether oxygens (including phenoxy) is 2. The van der Waals surface area contributed by atoms with Crippen LogP contribution in [0.15, 0.2) is 52.9 Å². The average Bonchev–Trinajstić information content (AvgIpc) is 3.23. The predicted molar refractivity (Wildman–Crippen MR) is 136 cm³/mol. The third-order valence-corrected chi connectivity index (χ3v) is 7.26. The number of thioether (sulfide) groups is 1. The number of carbonyl (C=O) groups is 1. The van der Waals surface area contributed by atoms with Crippen LogP contribution >= 0.6 is 11.8 Å². The van der Waals surface area contributed by atoms with E-state index in [1.54, 1.807) is 18.9 Å². The van der Waals surface area contributed by atoms with E-state index in [1.807, 2.05) is 24.3 Å². The van der Waals surface area contributed by atoms with Crippen LogP contribution in [-0.2, 0) is 27.3 Å². The smallest absolute Gasteiger partial charge is 0.410 e. The van der Waals surface area contributed by atoms with E-state index in [4.69, 9.17) is 20.3 Å². The van der Waals surface area contributed by atoms with Crippen molar-refractivity contribution in [2.45, 2.75) is 36.5 Å². The van der Waals surface area contributed by atoms with Gasteiger partial charge in [-0.2, -0.15) is 20.2 Å². The Morgan fingerprint density at radius 2 is 1.83 bits per heavy atom. The van der Waals surface area contributed by atoms with Crippen molar-refractivity contribution in [1.82, 2.24) is 4.90 Å². The molecule has 0 spiro atoms. The largest absolute Gasteiger partial charge is 0.497 e. The molecule has 36 heavy (non-hydrogen) atoms. The van der Waals surface area contributed by atoms with Crippen LogP contribution in [0.1, 0.15) is 24.0 Å². The topological polar surface area (TPSA) is 180 Å². The molecule has 2 aromatic rings. The Kier molecular flexibility index (Phi) is 9.12. The zero-order chi connectivity index (χ0) is 26.3. The second-order valence-electron chi connectivity index (χ2n) is 8.10. The zero-order valence-electron chi connectivity index (χ0n) is 19.5. The van der Waals surface area contributed by atoms with Crippen LogP contribution in [0.5, 0.6) is 5.75 Å². The molecule has 3 rings (SSSR count). The fourth-order valence-corrected chi connectivity index (χ4v) is 5.38. The molecular weight excluding hydrogens is 510 g/mol. The van der Waals surface area contributed by atoms with E-state index >= 15 is 0 Å². The molecule has 1 aliphatic rings. The lowest BCUT2D eigenvalue weighted by molar-refractivity contribution is -0.384. The van der Waals surface area contributed by atoms with E-state index in [0.29, 0.717) is 24.3 Å². The molecule has 0 aliphatic carbocycles. The SMILES string of the molecule is COc1ccc(CS[C@H]2C[C@@H](C/C(N)=N/S(N)(=O)=O)N(C(=O)OCc3ccc([N+](=O)[O-])cc3)C2)cc1. The third kappa shape index (κ3) is 8.10. The lowest BCUT2D eigenvalue weighted by atomic mass is 10.1. The molecule has 0 bridgehead atoms. The summed E-state index contributed by atoms with van der Waals surface area (Å²) in [7, 11) is -2.56. The number of nitro benzene ring substituents is 1. The molecule has 2 aromatic carbocycles. The molecule has 1 amide bonds. The first-order valence-electron chi connectivity index (χ1n) is 10.8. The molecule has 4 N–H and O–H groups in total. The molecule has 1 heterocycles. The van der Waals surface area contributed by atoms with Crippen molar-refractivity contribution < 1.29 is 27.6 Å². The number of carbonyl (C=O) groups excluding carboxylic acids is 1. The third-order valence-electron chi connectivity index (χ3n) is 5.45. The van der Waals surface area contributed by atoms with Gasteiger partial charge in [0.1, 0.15) is 18.2 Å². The highest BCUT2D eigenvalue weighted by Gasteiger charge is 2.37. The molecule has 12 nitrogen and oxygen atoms in total. The summed E-state index contributed by atoms with van der Waals surface area (Å²) in [5.41, 5.74) is 7.40. The average molecular weight is 538 g/mol. The van der Waals surface area contributed by atoms with Gasteiger partial charge in [0.15, 0.2) is 0 Å². The number of amidine groups is 1. The Hall–Kier alpha value is -3.36. The van der Waals surface area contributed by atoms with Gasteiger partial charge in [-0.3, -0.25) is 10.1 Å². The van der Waals surface area contributed by atoms with Gasteiger partial charge < -0.3 is 20.1 Å². The van der Waals surface area contributed by atoms with Crippen LogP contribution in [0, 0.1) is 10.1 Å². The Bertz CT molecular complexity index is 1200. The number of rotatable bonds is 10. The maximum atomic E-state index is 12.9. The van der Waals surface area contributed by atoms with Crippen LogP contribution < -0.4 is 15.6 Å². The van der Waals surface area contributed by atoms with Crippen LogP contribution in [0.25, 0.3) is 0 Å². The van der Waals surface area contributed by atoms with Gasteiger partial charge >= 0.3 is 16.3 Å². The van der Waals surface area contributed by atoms with Crippen molar-refractivity contribution in [2.75, 3.05) is 13.7 Å². The van der Waals surface area contributed by atoms with Crippen molar-refractivity contribution in [2.24, 2.45) is 15.3 Å². The number of non-ortho nitro benzene ring substituents is 1. The Morgan fingerprint density at radius 1 is 1.19 bits per heavy atom. The summed E-state index contributed by atoms with van der Waals surface area (Å²) in [6.07, 6.45) is -0.0361. The summed E-state index contributed by atoms with van der Waals surface area (Å²) >= 11 is 1.66. The molecule has 0 radical (unpaired) electrons. The van der Waals surface area contributed by atoms with E-state index in [0.717, 1.165) is 11.3 Å². The monoisotopic (exact) mass is 537 g/mol. The van der Waals surface area contributed by atoms with E-state index in [-0.39, 0.29) is 29.8 Å². The molecule has 1 aliphatic heterocycles. The van der Waals surface area contributed by atoms with Gasteiger partial charge in [-0.25, -0.2) is 9.93 Å².